The first-order valence-electron chi connectivity index (χ1n) is 7.85. The highest BCUT2D eigenvalue weighted by Gasteiger charge is 2.15. The van der Waals surface area contributed by atoms with Crippen LogP contribution in [0.1, 0.15) is 34.1 Å². The van der Waals surface area contributed by atoms with Crippen molar-refractivity contribution in [3.8, 4) is 0 Å². The van der Waals surface area contributed by atoms with E-state index in [1.807, 2.05) is 26.0 Å². The number of aromatic nitrogens is 5. The third-order valence-corrected chi connectivity index (χ3v) is 3.84. The second-order valence-corrected chi connectivity index (χ2v) is 5.67. The van der Waals surface area contributed by atoms with E-state index in [2.05, 4.69) is 39.6 Å². The van der Waals surface area contributed by atoms with Gasteiger partial charge in [-0.25, -0.2) is 9.67 Å². The Kier molecular flexibility index (Phi) is 4.41. The van der Waals surface area contributed by atoms with Gasteiger partial charge in [-0.15, -0.1) is 5.10 Å². The molecule has 0 bridgehead atoms. The van der Waals surface area contributed by atoms with E-state index in [4.69, 9.17) is 0 Å². The minimum absolute atomic E-state index is 0.250. The summed E-state index contributed by atoms with van der Waals surface area (Å²) in [6.07, 6.45) is 3.18. The molecule has 1 amide bonds. The number of amides is 1. The van der Waals surface area contributed by atoms with Gasteiger partial charge in [-0.3, -0.25) is 14.8 Å². The van der Waals surface area contributed by atoms with Gasteiger partial charge in [-0.2, -0.15) is 5.10 Å². The average Bonchev–Trinajstić information content (AvgIpc) is 3.13. The Balaban J connectivity index is 1.69. The molecule has 1 aromatic carbocycles. The molecule has 0 aliphatic carbocycles. The summed E-state index contributed by atoms with van der Waals surface area (Å²) in [5, 5.41) is 11.2. The first-order chi connectivity index (χ1) is 11.6. The number of carbonyl (C=O) groups is 1. The zero-order valence-corrected chi connectivity index (χ0v) is 14.0. The third-order valence-electron chi connectivity index (χ3n) is 3.84. The Morgan fingerprint density at radius 3 is 2.83 bits per heavy atom. The van der Waals surface area contributed by atoms with Gasteiger partial charge in [0.15, 0.2) is 0 Å². The van der Waals surface area contributed by atoms with Crippen molar-refractivity contribution in [2.45, 2.75) is 33.9 Å². The number of nitrogens with one attached hydrogen (secondary N) is 1. The van der Waals surface area contributed by atoms with E-state index in [0.717, 1.165) is 17.8 Å². The first-order valence-corrected chi connectivity index (χ1v) is 7.85. The molecular weight excluding hydrogens is 304 g/mol. The minimum Gasteiger partial charge on any atom is -0.289 e. The van der Waals surface area contributed by atoms with Gasteiger partial charge in [0.25, 0.3) is 5.91 Å². The van der Waals surface area contributed by atoms with E-state index < -0.39 is 0 Å². The van der Waals surface area contributed by atoms with Gasteiger partial charge in [0.1, 0.15) is 6.33 Å². The lowest BCUT2D eigenvalue weighted by molar-refractivity contribution is 0.102. The van der Waals surface area contributed by atoms with E-state index in [0.29, 0.717) is 12.1 Å². The van der Waals surface area contributed by atoms with Crippen LogP contribution in [0, 0.1) is 13.8 Å². The molecule has 3 rings (SSSR count). The zero-order valence-electron chi connectivity index (χ0n) is 14.0. The summed E-state index contributed by atoms with van der Waals surface area (Å²) in [6, 6.07) is 8.20. The molecule has 24 heavy (non-hydrogen) atoms. The molecule has 0 aliphatic rings. The Morgan fingerprint density at radius 1 is 1.29 bits per heavy atom. The van der Waals surface area contributed by atoms with Crippen LogP contribution in [-0.2, 0) is 13.1 Å². The van der Waals surface area contributed by atoms with Gasteiger partial charge in [-0.1, -0.05) is 29.8 Å². The average molecular weight is 324 g/mol. The van der Waals surface area contributed by atoms with Crippen molar-refractivity contribution >= 4 is 11.9 Å². The highest BCUT2D eigenvalue weighted by molar-refractivity contribution is 6.03. The van der Waals surface area contributed by atoms with E-state index in [-0.39, 0.29) is 11.9 Å². The van der Waals surface area contributed by atoms with E-state index in [1.54, 1.807) is 21.9 Å². The van der Waals surface area contributed by atoms with Crippen molar-refractivity contribution in [3.63, 3.8) is 0 Å². The number of benzene rings is 1. The summed E-state index contributed by atoms with van der Waals surface area (Å²) in [4.78, 5) is 16.5. The lowest BCUT2D eigenvalue weighted by atomic mass is 10.1. The van der Waals surface area contributed by atoms with Gasteiger partial charge in [0, 0.05) is 12.2 Å². The van der Waals surface area contributed by atoms with Crippen LogP contribution in [0.2, 0.25) is 0 Å². The van der Waals surface area contributed by atoms with Crippen LogP contribution in [0.4, 0.5) is 5.95 Å². The van der Waals surface area contributed by atoms with Crippen LogP contribution in [0.25, 0.3) is 0 Å². The number of carbonyl (C=O) groups excluding carboxylic acids is 1. The van der Waals surface area contributed by atoms with Crippen LogP contribution in [-0.4, -0.2) is 30.5 Å². The van der Waals surface area contributed by atoms with E-state index >= 15 is 0 Å². The van der Waals surface area contributed by atoms with Crippen LogP contribution in [0.5, 0.6) is 0 Å². The molecule has 0 saturated carbocycles. The highest BCUT2D eigenvalue weighted by Crippen LogP contribution is 2.10. The SMILES string of the molecule is CCn1ncc(C(=O)Nc2ncn(Cc3cccc(C)c3)n2)c1C. The van der Waals surface area contributed by atoms with Gasteiger partial charge >= 0.3 is 0 Å². The van der Waals surface area contributed by atoms with Crippen molar-refractivity contribution in [1.29, 1.82) is 0 Å². The summed E-state index contributed by atoms with van der Waals surface area (Å²) in [5.41, 5.74) is 3.70. The standard InChI is InChI=1S/C17H20N6O/c1-4-23-13(3)15(9-19-23)16(24)20-17-18-11-22(21-17)10-14-7-5-6-12(2)8-14/h5-9,11H,4,10H2,1-3H3,(H,20,21,24). The molecule has 124 valence electrons. The number of hydrogen-bond acceptors (Lipinski definition) is 4. The maximum atomic E-state index is 12.3. The van der Waals surface area contributed by atoms with E-state index in [9.17, 15) is 4.79 Å². The van der Waals surface area contributed by atoms with Crippen LogP contribution < -0.4 is 5.32 Å². The largest absolute Gasteiger partial charge is 0.289 e. The number of anilines is 1. The topological polar surface area (TPSA) is 77.6 Å². The summed E-state index contributed by atoms with van der Waals surface area (Å²) < 4.78 is 3.48. The Hall–Kier alpha value is -2.96. The lowest BCUT2D eigenvalue weighted by Gasteiger charge is -2.03. The molecule has 0 radical (unpaired) electrons. The summed E-state index contributed by atoms with van der Waals surface area (Å²) >= 11 is 0. The predicted molar refractivity (Wildman–Crippen MR) is 90.9 cm³/mol. The van der Waals surface area contributed by atoms with Crippen molar-refractivity contribution < 1.29 is 4.79 Å². The molecule has 0 fully saturated rings. The van der Waals surface area contributed by atoms with Gasteiger partial charge in [-0.05, 0) is 26.3 Å². The minimum atomic E-state index is -0.250. The Bertz CT molecular complexity index is 864. The van der Waals surface area contributed by atoms with Crippen molar-refractivity contribution in [1.82, 2.24) is 24.5 Å². The lowest BCUT2D eigenvalue weighted by Crippen LogP contribution is -2.14. The third kappa shape index (κ3) is 3.34. The molecule has 0 saturated heterocycles. The fourth-order valence-corrected chi connectivity index (χ4v) is 2.58. The number of rotatable bonds is 5. The summed E-state index contributed by atoms with van der Waals surface area (Å²) in [5.74, 6) is 0.0387. The molecule has 2 aromatic heterocycles. The van der Waals surface area contributed by atoms with Gasteiger partial charge in [0.2, 0.25) is 5.95 Å². The second kappa shape index (κ2) is 6.66. The maximum absolute atomic E-state index is 12.3. The fraction of sp³-hybridized carbons (Fsp3) is 0.294. The number of aryl methyl sites for hydroxylation is 2. The van der Waals surface area contributed by atoms with Crippen molar-refractivity contribution in [2.24, 2.45) is 0 Å². The molecule has 0 aliphatic heterocycles. The predicted octanol–water partition coefficient (Wildman–Crippen LogP) is 2.41. The van der Waals surface area contributed by atoms with E-state index in [1.165, 1.54) is 5.56 Å². The molecule has 7 nitrogen and oxygen atoms in total. The molecule has 1 N–H and O–H groups in total. The molecular formula is C17H20N6O. The Labute approximate surface area is 140 Å². The molecule has 7 heteroatoms. The van der Waals surface area contributed by atoms with Crippen LogP contribution in [0.3, 0.4) is 0 Å². The first kappa shape index (κ1) is 15.9. The number of hydrogen-bond donors (Lipinski definition) is 1. The molecule has 3 aromatic rings. The zero-order chi connectivity index (χ0) is 17.1. The smallest absolute Gasteiger partial charge is 0.261 e. The monoisotopic (exact) mass is 324 g/mol. The molecule has 0 spiro atoms. The summed E-state index contributed by atoms with van der Waals surface area (Å²) in [7, 11) is 0. The normalized spacial score (nSPS) is 10.8. The molecule has 2 heterocycles. The quantitative estimate of drug-likeness (QED) is 0.782. The van der Waals surface area contributed by atoms with Crippen LogP contribution >= 0.6 is 0 Å². The Morgan fingerprint density at radius 2 is 2.12 bits per heavy atom. The summed E-state index contributed by atoms with van der Waals surface area (Å²) in [6.45, 7) is 7.24. The molecule has 0 unspecified atom stereocenters. The number of nitrogens with zero attached hydrogens (tertiary/aromatic N) is 5. The fourth-order valence-electron chi connectivity index (χ4n) is 2.58. The van der Waals surface area contributed by atoms with Crippen molar-refractivity contribution in [3.05, 3.63) is 59.2 Å². The maximum Gasteiger partial charge on any atom is 0.261 e. The molecule has 0 atom stereocenters. The van der Waals surface area contributed by atoms with Gasteiger partial charge in [0.05, 0.1) is 18.3 Å². The van der Waals surface area contributed by atoms with Crippen LogP contribution in [0.15, 0.2) is 36.8 Å². The van der Waals surface area contributed by atoms with Gasteiger partial charge < -0.3 is 0 Å². The highest BCUT2D eigenvalue weighted by atomic mass is 16.1. The van der Waals surface area contributed by atoms with Crippen molar-refractivity contribution in [2.75, 3.05) is 5.32 Å². The second-order valence-electron chi connectivity index (χ2n) is 5.67.